The van der Waals surface area contributed by atoms with Gasteiger partial charge in [-0.25, -0.2) is 8.78 Å². The smallest absolute Gasteiger partial charge is 0.136 e. The first-order valence-electron chi connectivity index (χ1n) is 6.35. The van der Waals surface area contributed by atoms with Gasteiger partial charge in [-0.1, -0.05) is 12.1 Å². The summed E-state index contributed by atoms with van der Waals surface area (Å²) in [6.45, 7) is 2.18. The minimum Gasteiger partial charge on any atom is -0.496 e. The van der Waals surface area contributed by atoms with Gasteiger partial charge in [0, 0.05) is 12.1 Å². The van der Waals surface area contributed by atoms with Gasteiger partial charge in [-0.3, -0.25) is 0 Å². The zero-order valence-corrected chi connectivity index (χ0v) is 11.8. The van der Waals surface area contributed by atoms with E-state index in [4.69, 9.17) is 4.74 Å². The summed E-state index contributed by atoms with van der Waals surface area (Å²) < 4.78 is 33.3. The molecule has 0 aromatic heterocycles. The van der Waals surface area contributed by atoms with Gasteiger partial charge in [-0.15, -0.1) is 0 Å². The fourth-order valence-corrected chi connectivity index (χ4v) is 2.18. The van der Waals surface area contributed by atoms with Crippen molar-refractivity contribution in [2.24, 2.45) is 0 Å². The van der Waals surface area contributed by atoms with Crippen molar-refractivity contribution < 1.29 is 13.5 Å². The van der Waals surface area contributed by atoms with E-state index in [-0.39, 0.29) is 5.56 Å². The lowest BCUT2D eigenvalue weighted by atomic mass is 9.99. The summed E-state index contributed by atoms with van der Waals surface area (Å²) in [5, 5.41) is 3.01. The molecule has 20 heavy (non-hydrogen) atoms. The van der Waals surface area contributed by atoms with E-state index in [0.29, 0.717) is 23.4 Å². The Balaban J connectivity index is 2.59. The van der Waals surface area contributed by atoms with Crippen LogP contribution >= 0.6 is 0 Å². The average molecular weight is 277 g/mol. The Bertz CT molecular complexity index is 626. The number of rotatable bonds is 4. The van der Waals surface area contributed by atoms with Crippen LogP contribution in [0.2, 0.25) is 0 Å². The first kappa shape index (κ1) is 14.5. The van der Waals surface area contributed by atoms with Crippen LogP contribution in [0.3, 0.4) is 0 Å². The standard InChI is InChI=1S/C16H17F2NO/c1-10-4-6-13(17)15(16(10)18)11-5-7-14(20-3)12(8-11)9-19-2/h4-8,19H,9H2,1-3H3. The predicted molar refractivity (Wildman–Crippen MR) is 75.8 cm³/mol. The average Bonchev–Trinajstić information content (AvgIpc) is 2.44. The van der Waals surface area contributed by atoms with E-state index in [9.17, 15) is 8.78 Å². The Kier molecular flexibility index (Phi) is 4.35. The highest BCUT2D eigenvalue weighted by Crippen LogP contribution is 2.31. The number of aryl methyl sites for hydroxylation is 1. The van der Waals surface area contributed by atoms with Gasteiger partial charge in [0.05, 0.1) is 12.7 Å². The number of halogens is 2. The maximum Gasteiger partial charge on any atom is 0.136 e. The van der Waals surface area contributed by atoms with Crippen LogP contribution in [0.25, 0.3) is 11.1 Å². The first-order chi connectivity index (χ1) is 9.58. The zero-order chi connectivity index (χ0) is 14.7. The molecule has 0 fully saturated rings. The molecule has 0 amide bonds. The summed E-state index contributed by atoms with van der Waals surface area (Å²) in [6, 6.07) is 7.86. The second kappa shape index (κ2) is 6.01. The van der Waals surface area contributed by atoms with Crippen molar-refractivity contribution in [3.05, 3.63) is 53.1 Å². The summed E-state index contributed by atoms with van der Waals surface area (Å²) >= 11 is 0. The third kappa shape index (κ3) is 2.65. The van der Waals surface area contributed by atoms with Crippen molar-refractivity contribution in [2.45, 2.75) is 13.5 Å². The molecule has 0 heterocycles. The van der Waals surface area contributed by atoms with Crippen LogP contribution < -0.4 is 10.1 Å². The molecule has 0 saturated heterocycles. The van der Waals surface area contributed by atoms with Gasteiger partial charge in [-0.05, 0) is 43.3 Å². The van der Waals surface area contributed by atoms with Crippen LogP contribution in [-0.2, 0) is 6.54 Å². The Morgan fingerprint density at radius 3 is 2.55 bits per heavy atom. The highest BCUT2D eigenvalue weighted by atomic mass is 19.1. The molecule has 0 radical (unpaired) electrons. The second-order valence-corrected chi connectivity index (χ2v) is 4.61. The third-order valence-electron chi connectivity index (χ3n) is 3.22. The molecule has 4 heteroatoms. The SMILES string of the molecule is CNCc1cc(-c2c(F)ccc(C)c2F)ccc1OC. The fourth-order valence-electron chi connectivity index (χ4n) is 2.18. The number of benzene rings is 2. The lowest BCUT2D eigenvalue weighted by Crippen LogP contribution is -2.07. The molecule has 0 spiro atoms. The van der Waals surface area contributed by atoms with Gasteiger partial charge >= 0.3 is 0 Å². The number of hydrogen-bond donors (Lipinski definition) is 1. The summed E-state index contributed by atoms with van der Waals surface area (Å²) in [4.78, 5) is 0. The normalized spacial score (nSPS) is 10.7. The lowest BCUT2D eigenvalue weighted by molar-refractivity contribution is 0.408. The van der Waals surface area contributed by atoms with Crippen LogP contribution in [0.1, 0.15) is 11.1 Å². The monoisotopic (exact) mass is 277 g/mol. The Morgan fingerprint density at radius 2 is 1.90 bits per heavy atom. The van der Waals surface area contributed by atoms with Crippen LogP contribution in [0.15, 0.2) is 30.3 Å². The maximum atomic E-state index is 14.2. The first-order valence-corrected chi connectivity index (χ1v) is 6.35. The van der Waals surface area contributed by atoms with E-state index in [0.717, 1.165) is 5.56 Å². The molecule has 2 rings (SSSR count). The highest BCUT2D eigenvalue weighted by Gasteiger charge is 2.15. The number of ether oxygens (including phenoxy) is 1. The summed E-state index contributed by atoms with van der Waals surface area (Å²) in [5.41, 5.74) is 1.79. The van der Waals surface area contributed by atoms with E-state index in [1.54, 1.807) is 39.3 Å². The molecular formula is C16H17F2NO. The molecular weight excluding hydrogens is 260 g/mol. The van der Waals surface area contributed by atoms with Gasteiger partial charge in [0.15, 0.2) is 0 Å². The van der Waals surface area contributed by atoms with E-state index in [2.05, 4.69) is 5.32 Å². The molecule has 0 aliphatic carbocycles. The lowest BCUT2D eigenvalue weighted by Gasteiger charge is -2.12. The summed E-state index contributed by atoms with van der Waals surface area (Å²) in [7, 11) is 3.38. The molecule has 0 saturated carbocycles. The number of hydrogen-bond acceptors (Lipinski definition) is 2. The molecule has 0 unspecified atom stereocenters. The van der Waals surface area contributed by atoms with Crippen LogP contribution in [0.4, 0.5) is 8.78 Å². The van der Waals surface area contributed by atoms with Gasteiger partial charge in [-0.2, -0.15) is 0 Å². The van der Waals surface area contributed by atoms with Gasteiger partial charge in [0.2, 0.25) is 0 Å². The van der Waals surface area contributed by atoms with Crippen LogP contribution in [-0.4, -0.2) is 14.2 Å². The molecule has 0 aliphatic rings. The molecule has 2 aromatic carbocycles. The number of nitrogens with one attached hydrogen (secondary N) is 1. The van der Waals surface area contributed by atoms with E-state index < -0.39 is 11.6 Å². The highest BCUT2D eigenvalue weighted by molar-refractivity contribution is 5.68. The molecule has 2 aromatic rings. The topological polar surface area (TPSA) is 21.3 Å². The van der Waals surface area contributed by atoms with Gasteiger partial charge < -0.3 is 10.1 Å². The van der Waals surface area contributed by atoms with Crippen LogP contribution in [0, 0.1) is 18.6 Å². The van der Waals surface area contributed by atoms with Crippen molar-refractivity contribution in [1.29, 1.82) is 0 Å². The van der Waals surface area contributed by atoms with Gasteiger partial charge in [0.1, 0.15) is 17.4 Å². The van der Waals surface area contributed by atoms with Crippen LogP contribution in [0.5, 0.6) is 5.75 Å². The quantitative estimate of drug-likeness (QED) is 0.920. The minimum absolute atomic E-state index is 0.00464. The Morgan fingerprint density at radius 1 is 1.15 bits per heavy atom. The van der Waals surface area contributed by atoms with E-state index in [1.165, 1.54) is 12.1 Å². The van der Waals surface area contributed by atoms with Crippen molar-refractivity contribution in [1.82, 2.24) is 5.32 Å². The predicted octanol–water partition coefficient (Wildman–Crippen LogP) is 3.67. The molecule has 2 nitrogen and oxygen atoms in total. The largest absolute Gasteiger partial charge is 0.496 e. The van der Waals surface area contributed by atoms with Crippen molar-refractivity contribution >= 4 is 0 Å². The molecule has 106 valence electrons. The molecule has 1 N–H and O–H groups in total. The van der Waals surface area contributed by atoms with Crippen molar-refractivity contribution in [2.75, 3.05) is 14.2 Å². The summed E-state index contributed by atoms with van der Waals surface area (Å²) in [5.74, 6) is -0.393. The van der Waals surface area contributed by atoms with Crippen molar-refractivity contribution in [3.63, 3.8) is 0 Å². The number of methoxy groups -OCH3 is 1. The molecule has 0 atom stereocenters. The Labute approximate surface area is 117 Å². The second-order valence-electron chi connectivity index (χ2n) is 4.61. The Hall–Kier alpha value is -1.94. The molecule has 0 aliphatic heterocycles. The van der Waals surface area contributed by atoms with Crippen molar-refractivity contribution in [3.8, 4) is 16.9 Å². The van der Waals surface area contributed by atoms with Gasteiger partial charge in [0.25, 0.3) is 0 Å². The fraction of sp³-hybridized carbons (Fsp3) is 0.250. The van der Waals surface area contributed by atoms with E-state index >= 15 is 0 Å². The zero-order valence-electron chi connectivity index (χ0n) is 11.8. The van der Waals surface area contributed by atoms with E-state index in [1.807, 2.05) is 0 Å². The maximum absolute atomic E-state index is 14.2. The summed E-state index contributed by atoms with van der Waals surface area (Å²) in [6.07, 6.45) is 0. The minimum atomic E-state index is -0.561. The third-order valence-corrected chi connectivity index (χ3v) is 3.22. The molecule has 0 bridgehead atoms.